The molecule has 20 heavy (non-hydrogen) atoms. The van der Waals surface area contributed by atoms with Crippen LogP contribution in [0.2, 0.25) is 5.02 Å². The van der Waals surface area contributed by atoms with Crippen LogP contribution in [0.1, 0.15) is 29.3 Å². The first-order valence-electron chi connectivity index (χ1n) is 6.31. The van der Waals surface area contributed by atoms with Crippen molar-refractivity contribution >= 4 is 17.4 Å². The lowest BCUT2D eigenvalue weighted by Gasteiger charge is -2.11. The molecule has 2 aromatic rings. The standard InChI is InChI=1S/C16H14ClFO2/c1-2-15(19)11-6-3-4-9-16(11)20-10-12-13(17)7-5-8-14(12)18/h3-9H,2,10H2,1H3. The van der Waals surface area contributed by atoms with E-state index in [4.69, 9.17) is 16.3 Å². The van der Waals surface area contributed by atoms with Gasteiger partial charge in [-0.25, -0.2) is 4.39 Å². The SMILES string of the molecule is CCC(=O)c1ccccc1OCc1c(F)cccc1Cl. The lowest BCUT2D eigenvalue weighted by molar-refractivity contribution is 0.0983. The Bertz CT molecular complexity index is 605. The molecule has 0 aromatic heterocycles. The number of halogens is 2. The molecule has 0 amide bonds. The second kappa shape index (κ2) is 6.53. The Labute approximate surface area is 122 Å². The van der Waals surface area contributed by atoms with Crippen LogP contribution in [0, 0.1) is 5.82 Å². The summed E-state index contributed by atoms with van der Waals surface area (Å²) in [6, 6.07) is 11.4. The van der Waals surface area contributed by atoms with E-state index in [1.54, 1.807) is 37.3 Å². The number of para-hydroxylation sites is 1. The average molecular weight is 293 g/mol. The number of ketones is 1. The van der Waals surface area contributed by atoms with E-state index in [1.165, 1.54) is 12.1 Å². The third-order valence-corrected chi connectivity index (χ3v) is 3.30. The number of benzene rings is 2. The summed E-state index contributed by atoms with van der Waals surface area (Å²) >= 11 is 5.94. The van der Waals surface area contributed by atoms with E-state index in [1.807, 2.05) is 0 Å². The number of carbonyl (C=O) groups is 1. The molecule has 2 aromatic carbocycles. The van der Waals surface area contributed by atoms with Gasteiger partial charge in [0.25, 0.3) is 0 Å². The molecule has 2 nitrogen and oxygen atoms in total. The second-order valence-electron chi connectivity index (χ2n) is 4.26. The van der Waals surface area contributed by atoms with Crippen molar-refractivity contribution in [1.82, 2.24) is 0 Å². The fraction of sp³-hybridized carbons (Fsp3) is 0.188. The van der Waals surface area contributed by atoms with Gasteiger partial charge in [0.15, 0.2) is 5.78 Å². The van der Waals surface area contributed by atoms with E-state index < -0.39 is 5.82 Å². The number of hydrogen-bond donors (Lipinski definition) is 0. The van der Waals surface area contributed by atoms with Gasteiger partial charge in [-0.1, -0.05) is 36.7 Å². The number of ether oxygens (including phenoxy) is 1. The maximum Gasteiger partial charge on any atom is 0.166 e. The molecule has 0 N–H and O–H groups in total. The third-order valence-electron chi connectivity index (χ3n) is 2.94. The van der Waals surface area contributed by atoms with Crippen molar-refractivity contribution < 1.29 is 13.9 Å². The van der Waals surface area contributed by atoms with Crippen molar-refractivity contribution in [3.8, 4) is 5.75 Å². The number of carbonyl (C=O) groups excluding carboxylic acids is 1. The molecular formula is C16H14ClFO2. The van der Waals surface area contributed by atoms with Crippen molar-refractivity contribution in [2.45, 2.75) is 20.0 Å². The average Bonchev–Trinajstić information content (AvgIpc) is 2.46. The van der Waals surface area contributed by atoms with E-state index in [0.717, 1.165) is 0 Å². The molecule has 0 fully saturated rings. The molecule has 0 saturated heterocycles. The van der Waals surface area contributed by atoms with E-state index in [9.17, 15) is 9.18 Å². The maximum absolute atomic E-state index is 13.6. The quantitative estimate of drug-likeness (QED) is 0.750. The Morgan fingerprint density at radius 3 is 2.65 bits per heavy atom. The summed E-state index contributed by atoms with van der Waals surface area (Å²) in [5, 5.41) is 0.310. The highest BCUT2D eigenvalue weighted by Crippen LogP contribution is 2.24. The summed E-state index contributed by atoms with van der Waals surface area (Å²) in [6.45, 7) is 1.77. The molecule has 0 radical (unpaired) electrons. The van der Waals surface area contributed by atoms with Crippen molar-refractivity contribution in [2.75, 3.05) is 0 Å². The van der Waals surface area contributed by atoms with Crippen LogP contribution in [0.3, 0.4) is 0 Å². The third kappa shape index (κ3) is 3.17. The van der Waals surface area contributed by atoms with Crippen LogP contribution in [0.5, 0.6) is 5.75 Å². The van der Waals surface area contributed by atoms with E-state index >= 15 is 0 Å². The van der Waals surface area contributed by atoms with Crippen LogP contribution in [0.4, 0.5) is 4.39 Å². The molecular weight excluding hydrogens is 279 g/mol. The van der Waals surface area contributed by atoms with E-state index in [0.29, 0.717) is 22.8 Å². The molecule has 0 bridgehead atoms. The first-order valence-corrected chi connectivity index (χ1v) is 6.69. The van der Waals surface area contributed by atoms with Crippen molar-refractivity contribution in [1.29, 1.82) is 0 Å². The maximum atomic E-state index is 13.6. The fourth-order valence-corrected chi connectivity index (χ4v) is 2.05. The van der Waals surface area contributed by atoms with Crippen LogP contribution in [0.15, 0.2) is 42.5 Å². The Hall–Kier alpha value is -1.87. The Morgan fingerprint density at radius 1 is 1.20 bits per heavy atom. The summed E-state index contributed by atoms with van der Waals surface area (Å²) in [5.74, 6) is 0.00991. The van der Waals surface area contributed by atoms with Gasteiger partial charge in [-0.05, 0) is 24.3 Å². The molecule has 0 aliphatic carbocycles. The normalized spacial score (nSPS) is 10.3. The van der Waals surface area contributed by atoms with Crippen LogP contribution >= 0.6 is 11.6 Å². The smallest absolute Gasteiger partial charge is 0.166 e. The van der Waals surface area contributed by atoms with Gasteiger partial charge in [0.1, 0.15) is 18.2 Å². The van der Waals surface area contributed by atoms with Crippen molar-refractivity contribution in [2.24, 2.45) is 0 Å². The van der Waals surface area contributed by atoms with E-state index in [-0.39, 0.29) is 18.0 Å². The topological polar surface area (TPSA) is 26.3 Å². The minimum Gasteiger partial charge on any atom is -0.488 e. The molecule has 104 valence electrons. The molecule has 4 heteroatoms. The Morgan fingerprint density at radius 2 is 1.95 bits per heavy atom. The minimum absolute atomic E-state index is 0.0137. The lowest BCUT2D eigenvalue weighted by Crippen LogP contribution is -2.04. The van der Waals surface area contributed by atoms with Gasteiger partial charge >= 0.3 is 0 Å². The van der Waals surface area contributed by atoms with Gasteiger partial charge in [-0.15, -0.1) is 0 Å². The van der Waals surface area contributed by atoms with Crippen LogP contribution in [-0.4, -0.2) is 5.78 Å². The summed E-state index contributed by atoms with van der Waals surface area (Å²) < 4.78 is 19.2. The predicted octanol–water partition coefficient (Wildman–Crippen LogP) is 4.65. The van der Waals surface area contributed by atoms with Gasteiger partial charge in [0.05, 0.1) is 10.6 Å². The second-order valence-corrected chi connectivity index (χ2v) is 4.67. The highest BCUT2D eigenvalue weighted by atomic mass is 35.5. The largest absolute Gasteiger partial charge is 0.488 e. The Kier molecular flexibility index (Phi) is 4.74. The first-order chi connectivity index (χ1) is 9.63. The summed E-state index contributed by atoms with van der Waals surface area (Å²) in [4.78, 5) is 11.8. The Balaban J connectivity index is 2.21. The van der Waals surface area contributed by atoms with Crippen LogP contribution in [-0.2, 0) is 6.61 Å². The zero-order chi connectivity index (χ0) is 14.5. The van der Waals surface area contributed by atoms with Crippen LogP contribution in [0.25, 0.3) is 0 Å². The van der Waals surface area contributed by atoms with Gasteiger partial charge < -0.3 is 4.74 Å². The molecule has 0 aliphatic rings. The molecule has 2 rings (SSSR count). The molecule has 0 heterocycles. The zero-order valence-electron chi connectivity index (χ0n) is 11.0. The summed E-state index contributed by atoms with van der Waals surface area (Å²) in [5.41, 5.74) is 0.787. The van der Waals surface area contributed by atoms with Gasteiger partial charge in [0.2, 0.25) is 0 Å². The monoisotopic (exact) mass is 292 g/mol. The fourth-order valence-electron chi connectivity index (χ4n) is 1.83. The van der Waals surface area contributed by atoms with Crippen LogP contribution < -0.4 is 4.74 Å². The predicted molar refractivity (Wildman–Crippen MR) is 76.8 cm³/mol. The van der Waals surface area contributed by atoms with Gasteiger partial charge in [-0.2, -0.15) is 0 Å². The van der Waals surface area contributed by atoms with Gasteiger partial charge in [-0.3, -0.25) is 4.79 Å². The molecule has 0 saturated carbocycles. The molecule has 0 spiro atoms. The number of Topliss-reactive ketones (excluding diaryl/α,β-unsaturated/α-hetero) is 1. The van der Waals surface area contributed by atoms with Crippen molar-refractivity contribution in [3.05, 3.63) is 64.4 Å². The molecule has 0 aliphatic heterocycles. The zero-order valence-corrected chi connectivity index (χ0v) is 11.8. The lowest BCUT2D eigenvalue weighted by atomic mass is 10.1. The van der Waals surface area contributed by atoms with E-state index in [2.05, 4.69) is 0 Å². The number of rotatable bonds is 5. The van der Waals surface area contributed by atoms with Gasteiger partial charge in [0, 0.05) is 12.0 Å². The highest BCUT2D eigenvalue weighted by molar-refractivity contribution is 6.31. The summed E-state index contributed by atoms with van der Waals surface area (Å²) in [7, 11) is 0. The first kappa shape index (κ1) is 14.5. The highest BCUT2D eigenvalue weighted by Gasteiger charge is 2.12. The molecule has 0 unspecified atom stereocenters. The number of hydrogen-bond acceptors (Lipinski definition) is 2. The van der Waals surface area contributed by atoms with Crippen molar-refractivity contribution in [3.63, 3.8) is 0 Å². The summed E-state index contributed by atoms with van der Waals surface area (Å²) in [6.07, 6.45) is 0.390. The minimum atomic E-state index is -0.420. The molecule has 0 atom stereocenters.